The van der Waals surface area contributed by atoms with Crippen LogP contribution in [0, 0.1) is 0 Å². The molecule has 0 saturated carbocycles. The summed E-state index contributed by atoms with van der Waals surface area (Å²) < 4.78 is 7.10. The van der Waals surface area contributed by atoms with Crippen LogP contribution < -0.4 is 5.32 Å². The topological polar surface area (TPSA) is 81.7 Å². The second kappa shape index (κ2) is 5.97. The molecule has 0 bridgehead atoms. The zero-order valence-corrected chi connectivity index (χ0v) is 12.8. The lowest BCUT2D eigenvalue weighted by Gasteiger charge is -2.17. The van der Waals surface area contributed by atoms with Crippen molar-refractivity contribution in [3.63, 3.8) is 0 Å². The van der Waals surface area contributed by atoms with Crippen molar-refractivity contribution in [1.29, 1.82) is 0 Å². The van der Waals surface area contributed by atoms with E-state index in [1.54, 1.807) is 12.4 Å². The SMILES string of the molecule is CC(C)c1noc(NC(c2cccnc2)c2ccnn2C)n1. The Morgan fingerprint density at radius 1 is 1.23 bits per heavy atom. The van der Waals surface area contributed by atoms with Gasteiger partial charge >= 0.3 is 6.01 Å². The first-order chi connectivity index (χ1) is 10.6. The second-order valence-electron chi connectivity index (χ2n) is 5.36. The fraction of sp³-hybridized carbons (Fsp3) is 0.333. The summed E-state index contributed by atoms with van der Waals surface area (Å²) in [6.07, 6.45) is 5.31. The first kappa shape index (κ1) is 14.2. The third kappa shape index (κ3) is 2.83. The molecular formula is C15H18N6O. The normalized spacial score (nSPS) is 12.5. The predicted octanol–water partition coefficient (Wildman–Crippen LogP) is 2.52. The molecule has 3 aromatic heterocycles. The third-order valence-corrected chi connectivity index (χ3v) is 3.40. The molecule has 0 amide bonds. The number of hydrogen-bond acceptors (Lipinski definition) is 6. The van der Waals surface area contributed by atoms with Crippen LogP contribution in [0.3, 0.4) is 0 Å². The molecule has 0 aliphatic rings. The average Bonchev–Trinajstić information content (AvgIpc) is 3.15. The van der Waals surface area contributed by atoms with Crippen LogP contribution in [0.5, 0.6) is 0 Å². The van der Waals surface area contributed by atoms with Crippen molar-refractivity contribution in [2.24, 2.45) is 7.05 Å². The minimum atomic E-state index is -0.165. The van der Waals surface area contributed by atoms with E-state index < -0.39 is 0 Å². The van der Waals surface area contributed by atoms with E-state index in [4.69, 9.17) is 4.52 Å². The highest BCUT2D eigenvalue weighted by atomic mass is 16.5. The Kier molecular flexibility index (Phi) is 3.86. The van der Waals surface area contributed by atoms with E-state index in [0.29, 0.717) is 11.8 Å². The monoisotopic (exact) mass is 298 g/mol. The van der Waals surface area contributed by atoms with E-state index in [-0.39, 0.29) is 12.0 Å². The number of aromatic nitrogens is 5. The molecule has 1 N–H and O–H groups in total. The van der Waals surface area contributed by atoms with Gasteiger partial charge in [-0.1, -0.05) is 25.1 Å². The van der Waals surface area contributed by atoms with E-state index in [9.17, 15) is 0 Å². The minimum absolute atomic E-state index is 0.165. The van der Waals surface area contributed by atoms with E-state index in [1.807, 2.05) is 50.0 Å². The molecular weight excluding hydrogens is 280 g/mol. The fourth-order valence-corrected chi connectivity index (χ4v) is 2.19. The van der Waals surface area contributed by atoms with Gasteiger partial charge in [0.05, 0.1) is 11.7 Å². The van der Waals surface area contributed by atoms with Crippen LogP contribution >= 0.6 is 0 Å². The molecule has 0 fully saturated rings. The van der Waals surface area contributed by atoms with Gasteiger partial charge in [-0.2, -0.15) is 10.1 Å². The van der Waals surface area contributed by atoms with Gasteiger partial charge in [-0.15, -0.1) is 0 Å². The van der Waals surface area contributed by atoms with E-state index >= 15 is 0 Å². The quantitative estimate of drug-likeness (QED) is 0.779. The lowest BCUT2D eigenvalue weighted by Crippen LogP contribution is -2.16. The Bertz CT molecular complexity index is 733. The van der Waals surface area contributed by atoms with Crippen LogP contribution in [0.25, 0.3) is 0 Å². The molecule has 22 heavy (non-hydrogen) atoms. The zero-order valence-electron chi connectivity index (χ0n) is 12.8. The smallest absolute Gasteiger partial charge is 0.322 e. The molecule has 0 radical (unpaired) electrons. The number of nitrogens with zero attached hydrogens (tertiary/aromatic N) is 5. The van der Waals surface area contributed by atoms with Crippen molar-refractivity contribution in [2.75, 3.05) is 5.32 Å². The van der Waals surface area contributed by atoms with Crippen molar-refractivity contribution < 1.29 is 4.52 Å². The van der Waals surface area contributed by atoms with Crippen molar-refractivity contribution >= 4 is 6.01 Å². The molecule has 7 nitrogen and oxygen atoms in total. The molecule has 0 aliphatic carbocycles. The van der Waals surface area contributed by atoms with Crippen LogP contribution in [-0.4, -0.2) is 24.9 Å². The maximum absolute atomic E-state index is 5.29. The number of rotatable bonds is 5. The van der Waals surface area contributed by atoms with E-state index in [2.05, 4.69) is 25.5 Å². The summed E-state index contributed by atoms with van der Waals surface area (Å²) in [5.41, 5.74) is 1.98. The van der Waals surface area contributed by atoms with Gasteiger partial charge < -0.3 is 9.84 Å². The summed E-state index contributed by atoms with van der Waals surface area (Å²) in [5, 5.41) is 11.5. The highest BCUT2D eigenvalue weighted by Crippen LogP contribution is 2.25. The predicted molar refractivity (Wildman–Crippen MR) is 81.3 cm³/mol. The van der Waals surface area contributed by atoms with Crippen molar-refractivity contribution in [3.8, 4) is 0 Å². The molecule has 3 heterocycles. The standard InChI is InChI=1S/C15H18N6O/c1-10(2)14-19-15(22-20-14)18-13(11-5-4-7-16-9-11)12-6-8-17-21(12)3/h4-10,13H,1-3H3,(H,18,19,20). The minimum Gasteiger partial charge on any atom is -0.325 e. The molecule has 114 valence electrons. The van der Waals surface area contributed by atoms with Gasteiger partial charge in [-0.3, -0.25) is 9.67 Å². The number of aryl methyl sites for hydroxylation is 1. The first-order valence-electron chi connectivity index (χ1n) is 7.13. The zero-order chi connectivity index (χ0) is 15.5. The second-order valence-corrected chi connectivity index (χ2v) is 5.36. The third-order valence-electron chi connectivity index (χ3n) is 3.40. The summed E-state index contributed by atoms with van der Waals surface area (Å²) in [5.74, 6) is 0.894. The number of nitrogens with one attached hydrogen (secondary N) is 1. The molecule has 0 saturated heterocycles. The summed E-state index contributed by atoms with van der Waals surface area (Å²) in [6.45, 7) is 4.04. The summed E-state index contributed by atoms with van der Waals surface area (Å²) in [4.78, 5) is 8.56. The molecule has 3 aromatic rings. The molecule has 3 rings (SSSR count). The Balaban J connectivity index is 1.94. The van der Waals surface area contributed by atoms with Gasteiger partial charge in [0.1, 0.15) is 0 Å². The molecule has 0 aliphatic heterocycles. The Morgan fingerprint density at radius 2 is 2.09 bits per heavy atom. The van der Waals surface area contributed by atoms with Crippen molar-refractivity contribution in [3.05, 3.63) is 53.9 Å². The maximum Gasteiger partial charge on any atom is 0.322 e. The summed E-state index contributed by atoms with van der Waals surface area (Å²) in [6, 6.07) is 6.07. The molecule has 1 atom stereocenters. The Labute approximate surface area is 128 Å². The fourth-order valence-electron chi connectivity index (χ4n) is 2.19. The average molecular weight is 298 g/mol. The highest BCUT2D eigenvalue weighted by molar-refractivity contribution is 5.35. The van der Waals surface area contributed by atoms with E-state index in [0.717, 1.165) is 11.3 Å². The molecule has 0 spiro atoms. The van der Waals surface area contributed by atoms with Crippen LogP contribution in [0.1, 0.15) is 42.9 Å². The van der Waals surface area contributed by atoms with Gasteiger partial charge in [0.25, 0.3) is 0 Å². The van der Waals surface area contributed by atoms with Crippen LogP contribution in [-0.2, 0) is 7.05 Å². The summed E-state index contributed by atoms with van der Waals surface area (Å²) >= 11 is 0. The molecule has 0 aromatic carbocycles. The highest BCUT2D eigenvalue weighted by Gasteiger charge is 2.20. The maximum atomic E-state index is 5.29. The number of hydrogen-bond donors (Lipinski definition) is 1. The van der Waals surface area contributed by atoms with E-state index in [1.165, 1.54) is 0 Å². The van der Waals surface area contributed by atoms with Gasteiger partial charge in [-0.05, 0) is 17.7 Å². The lowest BCUT2D eigenvalue weighted by atomic mass is 10.1. The largest absolute Gasteiger partial charge is 0.325 e. The lowest BCUT2D eigenvalue weighted by molar-refractivity contribution is 0.416. The van der Waals surface area contributed by atoms with Gasteiger partial charge in [0.2, 0.25) is 0 Å². The molecule has 1 unspecified atom stereocenters. The van der Waals surface area contributed by atoms with Crippen LogP contribution in [0.15, 0.2) is 41.3 Å². The van der Waals surface area contributed by atoms with Gasteiger partial charge in [0, 0.05) is 31.6 Å². The van der Waals surface area contributed by atoms with Crippen molar-refractivity contribution in [1.82, 2.24) is 24.9 Å². The van der Waals surface area contributed by atoms with Crippen LogP contribution in [0.2, 0.25) is 0 Å². The Morgan fingerprint density at radius 3 is 2.68 bits per heavy atom. The van der Waals surface area contributed by atoms with Gasteiger partial charge in [0.15, 0.2) is 5.82 Å². The molecule has 7 heteroatoms. The van der Waals surface area contributed by atoms with Crippen molar-refractivity contribution in [2.45, 2.75) is 25.8 Å². The summed E-state index contributed by atoms with van der Waals surface area (Å²) in [7, 11) is 1.90. The first-order valence-corrected chi connectivity index (χ1v) is 7.13. The van der Waals surface area contributed by atoms with Crippen LogP contribution in [0.4, 0.5) is 6.01 Å². The van der Waals surface area contributed by atoms with Gasteiger partial charge in [-0.25, -0.2) is 0 Å². The Hall–Kier alpha value is -2.70. The number of anilines is 1. The number of pyridine rings is 1.